The molecule has 3 rings (SSSR count). The predicted octanol–water partition coefficient (Wildman–Crippen LogP) is 4.51. The van der Waals surface area contributed by atoms with Crippen LogP contribution >= 0.6 is 0 Å². The summed E-state index contributed by atoms with van der Waals surface area (Å²) in [4.78, 5) is 4.34. The number of rotatable bonds is 2. The van der Waals surface area contributed by atoms with E-state index in [1.807, 2.05) is 24.9 Å². The number of allylic oxidation sites excluding steroid dienone is 4. The molecule has 0 bridgehead atoms. The Balaban J connectivity index is 1.79. The zero-order valence-electron chi connectivity index (χ0n) is 12.6. The normalized spacial score (nSPS) is 25.9. The molecule has 1 aromatic heterocycles. The summed E-state index contributed by atoms with van der Waals surface area (Å²) >= 11 is 0. The summed E-state index contributed by atoms with van der Waals surface area (Å²) < 4.78 is 28.7. The van der Waals surface area contributed by atoms with Crippen LogP contribution in [0.4, 0.5) is 8.78 Å². The van der Waals surface area contributed by atoms with Gasteiger partial charge in [-0.05, 0) is 43.6 Å². The van der Waals surface area contributed by atoms with E-state index >= 15 is 0 Å². The fraction of sp³-hybridized carbons (Fsp3) is 0.588. The molecule has 1 aromatic rings. The topological polar surface area (TPSA) is 17.8 Å². The first-order chi connectivity index (χ1) is 9.96. The van der Waals surface area contributed by atoms with Crippen LogP contribution in [0.25, 0.3) is 5.57 Å². The van der Waals surface area contributed by atoms with E-state index in [1.165, 1.54) is 5.57 Å². The van der Waals surface area contributed by atoms with E-state index in [9.17, 15) is 8.78 Å². The van der Waals surface area contributed by atoms with Crippen molar-refractivity contribution in [2.75, 3.05) is 0 Å². The Morgan fingerprint density at radius 1 is 1.29 bits per heavy atom. The van der Waals surface area contributed by atoms with Gasteiger partial charge >= 0.3 is 0 Å². The minimum absolute atomic E-state index is 0.0474. The van der Waals surface area contributed by atoms with Gasteiger partial charge in [-0.1, -0.05) is 18.2 Å². The maximum atomic E-state index is 13.3. The van der Waals surface area contributed by atoms with Crippen LogP contribution in [0, 0.1) is 18.8 Å². The Hall–Kier alpha value is -1.45. The third-order valence-electron chi connectivity index (χ3n) is 4.86. The third-order valence-corrected chi connectivity index (χ3v) is 4.86. The molecule has 1 saturated carbocycles. The van der Waals surface area contributed by atoms with Crippen molar-refractivity contribution in [2.45, 2.75) is 45.0 Å². The molecular weight excluding hydrogens is 270 g/mol. The van der Waals surface area contributed by atoms with Crippen LogP contribution < -0.4 is 0 Å². The summed E-state index contributed by atoms with van der Waals surface area (Å²) in [5, 5.41) is 0. The minimum atomic E-state index is -2.44. The molecule has 0 radical (unpaired) electrons. The SMILES string of the molecule is Cc1ncn(C)c1C1=CC(C2CCC(F)(F)CC2)CC=C1. The summed E-state index contributed by atoms with van der Waals surface area (Å²) in [6.45, 7) is 2.01. The number of nitrogens with zero attached hydrogens (tertiary/aromatic N) is 2. The van der Waals surface area contributed by atoms with Crippen molar-refractivity contribution >= 4 is 5.57 Å². The molecule has 2 aliphatic carbocycles. The van der Waals surface area contributed by atoms with Crippen LogP contribution in [0.5, 0.6) is 0 Å². The highest BCUT2D eigenvalue weighted by molar-refractivity contribution is 5.74. The molecule has 0 aliphatic heterocycles. The largest absolute Gasteiger partial charge is 0.334 e. The number of hydrogen-bond donors (Lipinski definition) is 0. The van der Waals surface area contributed by atoms with E-state index in [1.54, 1.807) is 0 Å². The molecule has 0 aromatic carbocycles. The van der Waals surface area contributed by atoms with Gasteiger partial charge in [0.2, 0.25) is 5.92 Å². The van der Waals surface area contributed by atoms with E-state index in [0.29, 0.717) is 24.7 Å². The molecule has 21 heavy (non-hydrogen) atoms. The second-order valence-electron chi connectivity index (χ2n) is 6.41. The number of alkyl halides is 2. The lowest BCUT2D eigenvalue weighted by atomic mass is 9.75. The Labute approximate surface area is 124 Å². The molecule has 4 heteroatoms. The monoisotopic (exact) mass is 292 g/mol. The maximum absolute atomic E-state index is 13.3. The van der Waals surface area contributed by atoms with E-state index < -0.39 is 5.92 Å². The molecule has 0 amide bonds. The fourth-order valence-electron chi connectivity index (χ4n) is 3.64. The third kappa shape index (κ3) is 2.94. The van der Waals surface area contributed by atoms with Crippen LogP contribution in [0.2, 0.25) is 0 Å². The highest BCUT2D eigenvalue weighted by atomic mass is 19.3. The zero-order valence-corrected chi connectivity index (χ0v) is 12.6. The van der Waals surface area contributed by atoms with Crippen molar-refractivity contribution in [3.63, 3.8) is 0 Å². The van der Waals surface area contributed by atoms with Gasteiger partial charge in [-0.15, -0.1) is 0 Å². The Morgan fingerprint density at radius 2 is 2.00 bits per heavy atom. The van der Waals surface area contributed by atoms with E-state index in [2.05, 4.69) is 23.2 Å². The van der Waals surface area contributed by atoms with Gasteiger partial charge in [0, 0.05) is 19.9 Å². The lowest BCUT2D eigenvalue weighted by Crippen LogP contribution is -2.28. The lowest BCUT2D eigenvalue weighted by Gasteiger charge is -2.33. The highest BCUT2D eigenvalue weighted by Crippen LogP contribution is 2.42. The van der Waals surface area contributed by atoms with Gasteiger partial charge in [0.25, 0.3) is 0 Å². The van der Waals surface area contributed by atoms with E-state index in [-0.39, 0.29) is 12.8 Å². The fourth-order valence-corrected chi connectivity index (χ4v) is 3.64. The van der Waals surface area contributed by atoms with Crippen molar-refractivity contribution in [2.24, 2.45) is 18.9 Å². The van der Waals surface area contributed by atoms with Crippen LogP contribution in [0.3, 0.4) is 0 Å². The van der Waals surface area contributed by atoms with Gasteiger partial charge in [0.15, 0.2) is 0 Å². The number of imidazole rings is 1. The van der Waals surface area contributed by atoms with Crippen LogP contribution in [-0.4, -0.2) is 15.5 Å². The molecular formula is C17H22F2N2. The molecule has 1 unspecified atom stereocenters. The first kappa shape index (κ1) is 14.5. The first-order valence-corrected chi connectivity index (χ1v) is 7.71. The number of hydrogen-bond acceptors (Lipinski definition) is 1. The molecule has 2 aliphatic rings. The average molecular weight is 292 g/mol. The van der Waals surface area contributed by atoms with Crippen LogP contribution in [-0.2, 0) is 7.05 Å². The first-order valence-electron chi connectivity index (χ1n) is 7.71. The zero-order chi connectivity index (χ0) is 15.0. The van der Waals surface area contributed by atoms with Crippen LogP contribution in [0.15, 0.2) is 24.6 Å². The Bertz CT molecular complexity index is 554. The van der Waals surface area contributed by atoms with E-state index in [0.717, 1.165) is 17.8 Å². The van der Waals surface area contributed by atoms with Gasteiger partial charge in [-0.25, -0.2) is 13.8 Å². The van der Waals surface area contributed by atoms with Crippen molar-refractivity contribution in [1.29, 1.82) is 0 Å². The van der Waals surface area contributed by atoms with Gasteiger partial charge in [-0.3, -0.25) is 0 Å². The summed E-state index contributed by atoms with van der Waals surface area (Å²) in [5.41, 5.74) is 3.34. The quantitative estimate of drug-likeness (QED) is 0.784. The van der Waals surface area contributed by atoms with Crippen LogP contribution in [0.1, 0.15) is 43.5 Å². The predicted molar refractivity (Wildman–Crippen MR) is 80.1 cm³/mol. The van der Waals surface area contributed by atoms with Crippen molar-refractivity contribution < 1.29 is 8.78 Å². The molecule has 0 saturated heterocycles. The summed E-state index contributed by atoms with van der Waals surface area (Å²) in [7, 11) is 1.99. The Morgan fingerprint density at radius 3 is 2.62 bits per heavy atom. The second kappa shape index (κ2) is 5.39. The average Bonchev–Trinajstić information content (AvgIpc) is 2.78. The molecule has 1 atom stereocenters. The maximum Gasteiger partial charge on any atom is 0.248 e. The summed E-state index contributed by atoms with van der Waals surface area (Å²) in [5.74, 6) is -1.67. The number of aromatic nitrogens is 2. The van der Waals surface area contributed by atoms with Gasteiger partial charge in [0.05, 0.1) is 17.7 Å². The van der Waals surface area contributed by atoms with Gasteiger partial charge in [0.1, 0.15) is 0 Å². The van der Waals surface area contributed by atoms with Crippen molar-refractivity contribution in [1.82, 2.24) is 9.55 Å². The minimum Gasteiger partial charge on any atom is -0.334 e. The highest BCUT2D eigenvalue weighted by Gasteiger charge is 2.37. The summed E-state index contributed by atoms with van der Waals surface area (Å²) in [6.07, 6.45) is 10.8. The molecule has 0 spiro atoms. The standard InChI is InChI=1S/C17H22F2N2/c1-12-16(21(2)11-20-12)15-5-3-4-14(10-15)13-6-8-17(18,19)9-7-13/h3,5,10-11,13-14H,4,6-9H2,1-2H3. The summed E-state index contributed by atoms with van der Waals surface area (Å²) in [6, 6.07) is 0. The van der Waals surface area contributed by atoms with Gasteiger partial charge < -0.3 is 4.57 Å². The number of aryl methyl sites for hydroxylation is 2. The number of halogens is 2. The molecule has 1 heterocycles. The Kier molecular flexibility index (Phi) is 3.72. The molecule has 2 nitrogen and oxygen atoms in total. The molecule has 114 valence electrons. The van der Waals surface area contributed by atoms with Crippen molar-refractivity contribution in [3.05, 3.63) is 35.9 Å². The second-order valence-corrected chi connectivity index (χ2v) is 6.41. The smallest absolute Gasteiger partial charge is 0.248 e. The van der Waals surface area contributed by atoms with Crippen molar-refractivity contribution in [3.8, 4) is 0 Å². The van der Waals surface area contributed by atoms with Gasteiger partial charge in [-0.2, -0.15) is 0 Å². The molecule has 1 fully saturated rings. The lowest BCUT2D eigenvalue weighted by molar-refractivity contribution is -0.0498. The van der Waals surface area contributed by atoms with E-state index in [4.69, 9.17) is 0 Å². The molecule has 0 N–H and O–H groups in total.